The van der Waals surface area contributed by atoms with Gasteiger partial charge in [-0.05, 0) is 18.2 Å². The molecule has 0 fully saturated rings. The minimum Gasteiger partial charge on any atom is -0.761 e. The number of carbonyl (C=O) groups is 1. The summed E-state index contributed by atoms with van der Waals surface area (Å²) in [7, 11) is 1.42. The van der Waals surface area contributed by atoms with Gasteiger partial charge in [0.25, 0.3) is 5.56 Å². The second kappa shape index (κ2) is 6.10. The SMILES string of the molecule is COc1cc(N[O-])ccc1-n1cccc(CC(=O)O)c1=O. The Morgan fingerprint density at radius 1 is 1.43 bits per heavy atom. The maximum absolute atomic E-state index is 12.3. The monoisotopic (exact) mass is 289 g/mol. The van der Waals surface area contributed by atoms with Gasteiger partial charge in [-0.2, -0.15) is 0 Å². The third kappa shape index (κ3) is 3.03. The van der Waals surface area contributed by atoms with E-state index in [2.05, 4.69) is 0 Å². The van der Waals surface area contributed by atoms with E-state index in [-0.39, 0.29) is 12.0 Å². The van der Waals surface area contributed by atoms with E-state index in [1.807, 2.05) is 0 Å². The third-order valence-electron chi connectivity index (χ3n) is 2.92. The molecule has 0 bridgehead atoms. The Balaban J connectivity index is 2.57. The van der Waals surface area contributed by atoms with E-state index in [0.29, 0.717) is 17.1 Å². The van der Waals surface area contributed by atoms with E-state index in [1.54, 1.807) is 17.6 Å². The van der Waals surface area contributed by atoms with Gasteiger partial charge in [0.15, 0.2) is 0 Å². The molecule has 0 atom stereocenters. The molecule has 0 amide bonds. The Kier molecular flexibility index (Phi) is 4.24. The molecule has 110 valence electrons. The van der Waals surface area contributed by atoms with Crippen LogP contribution in [-0.2, 0) is 11.2 Å². The van der Waals surface area contributed by atoms with E-state index in [9.17, 15) is 14.8 Å². The average molecular weight is 289 g/mol. The number of aromatic nitrogens is 1. The molecule has 0 saturated heterocycles. The molecule has 1 aromatic carbocycles. The molecule has 2 aromatic rings. The fourth-order valence-electron chi connectivity index (χ4n) is 1.97. The lowest BCUT2D eigenvalue weighted by molar-refractivity contribution is -0.136. The molecule has 2 rings (SSSR count). The van der Waals surface area contributed by atoms with Crippen LogP contribution in [0.25, 0.3) is 5.69 Å². The molecule has 1 heterocycles. The number of rotatable bonds is 5. The second-order valence-electron chi connectivity index (χ2n) is 4.27. The number of nitrogens with zero attached hydrogens (tertiary/aromatic N) is 1. The van der Waals surface area contributed by atoms with Gasteiger partial charge in [-0.1, -0.05) is 6.07 Å². The predicted octanol–water partition coefficient (Wildman–Crippen LogP) is 1.38. The average Bonchev–Trinajstić information content (AvgIpc) is 2.48. The van der Waals surface area contributed by atoms with Crippen LogP contribution in [0.15, 0.2) is 41.3 Å². The summed E-state index contributed by atoms with van der Waals surface area (Å²) in [6.45, 7) is 0. The van der Waals surface area contributed by atoms with Gasteiger partial charge in [0.05, 0.1) is 19.2 Å². The number of methoxy groups -OCH3 is 1. The van der Waals surface area contributed by atoms with Crippen LogP contribution in [-0.4, -0.2) is 22.8 Å². The van der Waals surface area contributed by atoms with Crippen molar-refractivity contribution in [3.05, 3.63) is 57.7 Å². The highest BCUT2D eigenvalue weighted by atomic mass is 16.5. The number of aliphatic carboxylic acids is 1. The van der Waals surface area contributed by atoms with E-state index in [0.717, 1.165) is 0 Å². The minimum absolute atomic E-state index is 0.165. The summed E-state index contributed by atoms with van der Waals surface area (Å²) in [5, 5.41) is 19.5. The normalized spacial score (nSPS) is 10.2. The number of hydrogen-bond acceptors (Lipinski definition) is 5. The van der Waals surface area contributed by atoms with Gasteiger partial charge >= 0.3 is 5.97 Å². The maximum atomic E-state index is 12.3. The zero-order valence-electron chi connectivity index (χ0n) is 11.2. The van der Waals surface area contributed by atoms with Crippen molar-refractivity contribution in [1.82, 2.24) is 4.57 Å². The van der Waals surface area contributed by atoms with Crippen LogP contribution < -0.4 is 15.8 Å². The minimum atomic E-state index is -1.08. The molecule has 0 aliphatic rings. The quantitative estimate of drug-likeness (QED) is 0.806. The number of nitrogens with one attached hydrogen (secondary N) is 1. The molecule has 2 N–H and O–H groups in total. The van der Waals surface area contributed by atoms with Crippen LogP contribution in [0, 0.1) is 5.21 Å². The summed E-state index contributed by atoms with van der Waals surface area (Å²) in [5.41, 5.74) is 2.18. The molecule has 1 aromatic heterocycles. The van der Waals surface area contributed by atoms with Gasteiger partial charge in [-0.15, -0.1) is 0 Å². The van der Waals surface area contributed by atoms with Crippen molar-refractivity contribution in [2.75, 3.05) is 12.6 Å². The van der Waals surface area contributed by atoms with E-state index < -0.39 is 11.5 Å². The van der Waals surface area contributed by atoms with E-state index in [1.165, 1.54) is 36.1 Å². The molecule has 0 aliphatic carbocycles. The van der Waals surface area contributed by atoms with Crippen LogP contribution in [0.1, 0.15) is 5.56 Å². The van der Waals surface area contributed by atoms with Crippen molar-refractivity contribution < 1.29 is 14.6 Å². The zero-order valence-corrected chi connectivity index (χ0v) is 11.2. The molecule has 0 radical (unpaired) electrons. The standard InChI is InChI=1S/C14H13N2O5/c1-21-12-8-10(15-20)4-5-11(12)16-6-2-3-9(14(16)19)7-13(17)18/h2-6,8,15H,7H2,1H3,(H,17,18)/q-1. The molecular formula is C14H13N2O5-. The molecule has 21 heavy (non-hydrogen) atoms. The van der Waals surface area contributed by atoms with Gasteiger partial charge < -0.3 is 20.5 Å². The lowest BCUT2D eigenvalue weighted by atomic mass is 10.2. The van der Waals surface area contributed by atoms with Crippen molar-refractivity contribution >= 4 is 11.7 Å². The molecular weight excluding hydrogens is 276 g/mol. The fourth-order valence-corrected chi connectivity index (χ4v) is 1.97. The first-order chi connectivity index (χ1) is 10.1. The lowest BCUT2D eigenvalue weighted by Crippen LogP contribution is -2.23. The Morgan fingerprint density at radius 2 is 2.19 bits per heavy atom. The molecule has 7 heteroatoms. The summed E-state index contributed by atoms with van der Waals surface area (Å²) < 4.78 is 6.45. The number of pyridine rings is 1. The van der Waals surface area contributed by atoms with Gasteiger partial charge in [0, 0.05) is 23.5 Å². The highest BCUT2D eigenvalue weighted by Crippen LogP contribution is 2.25. The van der Waals surface area contributed by atoms with Crippen LogP contribution in [0.4, 0.5) is 5.69 Å². The predicted molar refractivity (Wildman–Crippen MR) is 76.9 cm³/mol. The van der Waals surface area contributed by atoms with Gasteiger partial charge in [0.1, 0.15) is 5.75 Å². The topological polar surface area (TPSA) is 104 Å². The summed E-state index contributed by atoms with van der Waals surface area (Å²) in [5.74, 6) is -0.756. The van der Waals surface area contributed by atoms with Crippen LogP contribution in [0.5, 0.6) is 5.75 Å². The molecule has 0 unspecified atom stereocenters. The highest BCUT2D eigenvalue weighted by Gasteiger charge is 2.11. The fraction of sp³-hybridized carbons (Fsp3) is 0.143. The maximum Gasteiger partial charge on any atom is 0.308 e. The number of carboxylic acid groups (broad SMARTS) is 1. The molecule has 7 nitrogen and oxygen atoms in total. The first-order valence-electron chi connectivity index (χ1n) is 6.05. The van der Waals surface area contributed by atoms with Gasteiger partial charge in [-0.3, -0.25) is 14.2 Å². The third-order valence-corrected chi connectivity index (χ3v) is 2.92. The largest absolute Gasteiger partial charge is 0.761 e. The van der Waals surface area contributed by atoms with E-state index in [4.69, 9.17) is 9.84 Å². The zero-order chi connectivity index (χ0) is 15.4. The number of benzene rings is 1. The first kappa shape index (κ1) is 14.6. The number of ether oxygens (including phenoxy) is 1. The molecule has 0 aliphatic heterocycles. The first-order valence-corrected chi connectivity index (χ1v) is 6.05. The summed E-state index contributed by atoms with van der Waals surface area (Å²) in [4.78, 5) is 23.1. The van der Waals surface area contributed by atoms with Gasteiger partial charge in [0.2, 0.25) is 0 Å². The Hall–Kier alpha value is -2.80. The smallest absolute Gasteiger partial charge is 0.308 e. The Morgan fingerprint density at radius 3 is 2.81 bits per heavy atom. The Bertz CT molecular complexity index is 724. The number of carboxylic acids is 1. The van der Waals surface area contributed by atoms with Crippen molar-refractivity contribution in [2.24, 2.45) is 0 Å². The Labute approximate surface area is 120 Å². The molecule has 0 saturated carbocycles. The highest BCUT2D eigenvalue weighted by molar-refractivity contribution is 5.70. The van der Waals surface area contributed by atoms with Crippen molar-refractivity contribution in [1.29, 1.82) is 0 Å². The summed E-state index contributed by atoms with van der Waals surface area (Å²) in [6.07, 6.45) is 1.15. The van der Waals surface area contributed by atoms with Crippen molar-refractivity contribution in [3.8, 4) is 11.4 Å². The van der Waals surface area contributed by atoms with Crippen LogP contribution >= 0.6 is 0 Å². The summed E-state index contributed by atoms with van der Waals surface area (Å²) in [6, 6.07) is 7.55. The summed E-state index contributed by atoms with van der Waals surface area (Å²) >= 11 is 0. The molecule has 0 spiro atoms. The van der Waals surface area contributed by atoms with Crippen molar-refractivity contribution in [2.45, 2.75) is 6.42 Å². The van der Waals surface area contributed by atoms with Crippen LogP contribution in [0.2, 0.25) is 0 Å². The van der Waals surface area contributed by atoms with Crippen LogP contribution in [0.3, 0.4) is 0 Å². The second-order valence-corrected chi connectivity index (χ2v) is 4.27. The number of hydrogen-bond donors (Lipinski definition) is 2. The van der Waals surface area contributed by atoms with Gasteiger partial charge in [-0.25, -0.2) is 0 Å². The number of anilines is 1. The van der Waals surface area contributed by atoms with Crippen molar-refractivity contribution in [3.63, 3.8) is 0 Å². The van der Waals surface area contributed by atoms with E-state index >= 15 is 0 Å². The lowest BCUT2D eigenvalue weighted by Gasteiger charge is -2.15.